The summed E-state index contributed by atoms with van der Waals surface area (Å²) < 4.78 is 0. The summed E-state index contributed by atoms with van der Waals surface area (Å²) in [5, 5.41) is 0. The lowest BCUT2D eigenvalue weighted by Crippen LogP contribution is -2.36. The van der Waals surface area contributed by atoms with Crippen LogP contribution in [0.4, 0.5) is 0 Å². The van der Waals surface area contributed by atoms with E-state index in [1.54, 1.807) is 0 Å². The molecule has 0 bridgehead atoms. The number of rotatable bonds is 7. The van der Waals surface area contributed by atoms with E-state index in [9.17, 15) is 0 Å². The Balaban J connectivity index is 2.50. The summed E-state index contributed by atoms with van der Waals surface area (Å²) in [6, 6.07) is 0.622. The number of hydrogen-bond acceptors (Lipinski definition) is 3. The summed E-state index contributed by atoms with van der Waals surface area (Å²) >= 11 is 0. The van der Waals surface area contributed by atoms with Gasteiger partial charge in [0.1, 0.15) is 5.76 Å². The predicted octanol–water partition coefficient (Wildman–Crippen LogP) is 3.75. The molecular weight excluding hydrogens is 236 g/mol. The maximum atomic E-state index is 5.12. The lowest BCUT2D eigenvalue weighted by molar-refractivity contribution is 0.199. The lowest BCUT2D eigenvalue weighted by Gasteiger charge is -2.37. The quantitative estimate of drug-likeness (QED) is 0.432. The second kappa shape index (κ2) is 8.05. The number of piperidine rings is 1. The maximum Gasteiger partial charge on any atom is 0.116 e. The fourth-order valence-electron chi connectivity index (χ4n) is 2.62. The molecule has 0 radical (unpaired) electrons. The Bertz CT molecular complexity index is 336. The van der Waals surface area contributed by atoms with E-state index in [2.05, 4.69) is 29.8 Å². The van der Waals surface area contributed by atoms with Gasteiger partial charge in [-0.1, -0.05) is 12.7 Å². The summed E-state index contributed by atoms with van der Waals surface area (Å²) in [7, 11) is 0. The Morgan fingerprint density at radius 3 is 2.84 bits per heavy atom. The van der Waals surface area contributed by atoms with E-state index in [-0.39, 0.29) is 0 Å². The highest BCUT2D eigenvalue weighted by molar-refractivity contribution is 5.04. The number of nitrogens with two attached hydrogens (primary N) is 1. The van der Waals surface area contributed by atoms with Gasteiger partial charge in [-0.05, 0) is 57.9 Å². The Labute approximate surface area is 117 Å². The van der Waals surface area contributed by atoms with Crippen molar-refractivity contribution in [2.24, 2.45) is 11.8 Å². The fraction of sp³-hybridized carbons (Fsp3) is 0.625. The molecule has 1 aliphatic rings. The molecule has 1 heterocycles. The molecule has 2 atom stereocenters. The summed E-state index contributed by atoms with van der Waals surface area (Å²) in [5.74, 6) is 6.26. The van der Waals surface area contributed by atoms with E-state index in [1.165, 1.54) is 25.0 Å². The molecule has 1 fully saturated rings. The van der Waals surface area contributed by atoms with Crippen molar-refractivity contribution >= 4 is 0 Å². The van der Waals surface area contributed by atoms with Crippen LogP contribution < -0.4 is 5.90 Å². The van der Waals surface area contributed by atoms with Gasteiger partial charge in [-0.25, -0.2) is 0 Å². The van der Waals surface area contributed by atoms with Gasteiger partial charge in [0.2, 0.25) is 0 Å². The molecule has 0 aromatic heterocycles. The van der Waals surface area contributed by atoms with Gasteiger partial charge in [-0.2, -0.15) is 5.90 Å². The van der Waals surface area contributed by atoms with Gasteiger partial charge < -0.3 is 9.74 Å². The molecule has 19 heavy (non-hydrogen) atoms. The Kier molecular flexibility index (Phi) is 6.71. The molecule has 2 unspecified atom stereocenters. The average Bonchev–Trinajstić information content (AvgIpc) is 2.43. The number of nitrogens with zero attached hydrogens (tertiary/aromatic N) is 1. The first kappa shape index (κ1) is 15.8. The highest BCUT2D eigenvalue weighted by Crippen LogP contribution is 2.26. The predicted molar refractivity (Wildman–Crippen MR) is 81.1 cm³/mol. The minimum atomic E-state index is 0.395. The summed E-state index contributed by atoms with van der Waals surface area (Å²) in [6.07, 6.45) is 9.76. The van der Waals surface area contributed by atoms with Gasteiger partial charge in [-0.3, -0.25) is 0 Å². The van der Waals surface area contributed by atoms with Crippen LogP contribution in [0.15, 0.2) is 36.8 Å². The van der Waals surface area contributed by atoms with E-state index >= 15 is 0 Å². The number of hydrogen-bond donors (Lipinski definition) is 1. The van der Waals surface area contributed by atoms with Crippen LogP contribution in [-0.4, -0.2) is 17.5 Å². The molecule has 1 aliphatic heterocycles. The molecule has 0 spiro atoms. The standard InChI is InChI=1S/C16H28N2O/c1-5-16(10-9-15(4)19-17)12-14(3)18-11-7-6-8-13(18)2/h5,9,13,16H,1,3,6-8,10-12,17H2,2,4H3/b15-9-. The number of allylic oxidation sites excluding steroid dienone is 4. The minimum Gasteiger partial charge on any atom is -0.417 e. The molecule has 108 valence electrons. The maximum absolute atomic E-state index is 5.12. The Hall–Kier alpha value is -1.22. The molecule has 0 aromatic carbocycles. The Morgan fingerprint density at radius 1 is 1.53 bits per heavy atom. The third kappa shape index (κ3) is 5.11. The van der Waals surface area contributed by atoms with Crippen LogP contribution in [0.1, 0.15) is 46.0 Å². The molecule has 0 saturated carbocycles. The van der Waals surface area contributed by atoms with Crippen molar-refractivity contribution in [1.82, 2.24) is 4.90 Å². The van der Waals surface area contributed by atoms with E-state index in [0.717, 1.165) is 25.1 Å². The van der Waals surface area contributed by atoms with Crippen molar-refractivity contribution in [3.63, 3.8) is 0 Å². The lowest BCUT2D eigenvalue weighted by atomic mass is 9.96. The van der Waals surface area contributed by atoms with Gasteiger partial charge in [0.25, 0.3) is 0 Å². The molecular formula is C16H28N2O. The van der Waals surface area contributed by atoms with Gasteiger partial charge in [0.05, 0.1) is 0 Å². The van der Waals surface area contributed by atoms with Crippen LogP contribution in [-0.2, 0) is 4.84 Å². The molecule has 1 rings (SSSR count). The summed E-state index contributed by atoms with van der Waals surface area (Å²) in [6.45, 7) is 13.5. The second-order valence-corrected chi connectivity index (χ2v) is 5.47. The van der Waals surface area contributed by atoms with Crippen LogP contribution >= 0.6 is 0 Å². The summed E-state index contributed by atoms with van der Waals surface area (Å²) in [4.78, 5) is 7.13. The van der Waals surface area contributed by atoms with Crippen molar-refractivity contribution in [2.45, 2.75) is 52.0 Å². The molecule has 2 N–H and O–H groups in total. The van der Waals surface area contributed by atoms with E-state index in [1.807, 2.05) is 19.1 Å². The van der Waals surface area contributed by atoms with Crippen LogP contribution in [0.2, 0.25) is 0 Å². The molecule has 3 nitrogen and oxygen atoms in total. The fourth-order valence-corrected chi connectivity index (χ4v) is 2.62. The van der Waals surface area contributed by atoms with Crippen molar-refractivity contribution in [2.75, 3.05) is 6.54 Å². The monoisotopic (exact) mass is 264 g/mol. The van der Waals surface area contributed by atoms with E-state index in [4.69, 9.17) is 5.90 Å². The van der Waals surface area contributed by atoms with E-state index in [0.29, 0.717) is 12.0 Å². The highest BCUT2D eigenvalue weighted by atomic mass is 16.6. The van der Waals surface area contributed by atoms with Crippen molar-refractivity contribution in [1.29, 1.82) is 0 Å². The van der Waals surface area contributed by atoms with Gasteiger partial charge in [-0.15, -0.1) is 6.58 Å². The van der Waals surface area contributed by atoms with Crippen molar-refractivity contribution in [3.05, 3.63) is 36.8 Å². The zero-order valence-electron chi connectivity index (χ0n) is 12.4. The van der Waals surface area contributed by atoms with Crippen LogP contribution in [0.25, 0.3) is 0 Å². The van der Waals surface area contributed by atoms with Crippen LogP contribution in [0.5, 0.6) is 0 Å². The van der Waals surface area contributed by atoms with Gasteiger partial charge in [0.15, 0.2) is 0 Å². The SMILES string of the molecule is C=CC(C/C=C(/C)ON)CC(=C)N1CCCCC1C. The third-order valence-electron chi connectivity index (χ3n) is 3.93. The molecule has 0 amide bonds. The molecule has 0 aromatic rings. The largest absolute Gasteiger partial charge is 0.417 e. The highest BCUT2D eigenvalue weighted by Gasteiger charge is 2.20. The van der Waals surface area contributed by atoms with E-state index < -0.39 is 0 Å². The van der Waals surface area contributed by atoms with Crippen molar-refractivity contribution < 1.29 is 4.84 Å². The number of likely N-dealkylation sites (tertiary alicyclic amines) is 1. The first-order valence-electron chi connectivity index (χ1n) is 7.19. The van der Waals surface area contributed by atoms with Crippen LogP contribution in [0, 0.1) is 5.92 Å². The first-order chi connectivity index (χ1) is 9.08. The smallest absolute Gasteiger partial charge is 0.116 e. The van der Waals surface area contributed by atoms with Gasteiger partial charge in [0, 0.05) is 18.3 Å². The topological polar surface area (TPSA) is 38.5 Å². The first-order valence-corrected chi connectivity index (χ1v) is 7.19. The third-order valence-corrected chi connectivity index (χ3v) is 3.93. The second-order valence-electron chi connectivity index (χ2n) is 5.47. The minimum absolute atomic E-state index is 0.395. The zero-order chi connectivity index (χ0) is 14.3. The summed E-state index contributed by atoms with van der Waals surface area (Å²) in [5.41, 5.74) is 1.23. The normalized spacial score (nSPS) is 21.9. The zero-order valence-corrected chi connectivity index (χ0v) is 12.4. The van der Waals surface area contributed by atoms with Crippen molar-refractivity contribution in [3.8, 4) is 0 Å². The van der Waals surface area contributed by atoms with Crippen LogP contribution in [0.3, 0.4) is 0 Å². The average molecular weight is 264 g/mol. The van der Waals surface area contributed by atoms with Gasteiger partial charge >= 0.3 is 0 Å². The molecule has 0 aliphatic carbocycles. The molecule has 1 saturated heterocycles. The molecule has 3 heteroatoms. The Morgan fingerprint density at radius 2 is 2.26 bits per heavy atom.